The minimum Gasteiger partial charge on any atom is -0.422 e. The fraction of sp³-hybridized carbons (Fsp3) is 0. The molecule has 9 heteroatoms. The number of non-ortho nitro benzene ring substituents is 1. The molecule has 0 atom stereocenters. The number of hydrogen-bond donors (Lipinski definition) is 1. The summed E-state index contributed by atoms with van der Waals surface area (Å²) in [5, 5.41) is 20.6. The molecule has 5 aromatic rings. The van der Waals surface area contributed by atoms with Gasteiger partial charge in [0.25, 0.3) is 5.69 Å². The first-order valence-corrected chi connectivity index (χ1v) is 10.3. The fourth-order valence-corrected chi connectivity index (χ4v) is 3.50. The molecule has 0 fully saturated rings. The Labute approximate surface area is 192 Å². The number of nitrogens with zero attached hydrogens (tertiary/aromatic N) is 4. The van der Waals surface area contributed by atoms with Crippen LogP contribution in [0.1, 0.15) is 5.56 Å². The molecule has 5 rings (SSSR count). The number of nitrogens with one attached hydrogen (secondary N) is 1. The number of benzene rings is 3. The molecule has 0 aliphatic heterocycles. The lowest BCUT2D eigenvalue weighted by molar-refractivity contribution is -0.384. The van der Waals surface area contributed by atoms with E-state index in [4.69, 9.17) is 4.42 Å². The van der Waals surface area contributed by atoms with Crippen LogP contribution in [-0.4, -0.2) is 20.9 Å². The van der Waals surface area contributed by atoms with Crippen LogP contribution in [0.25, 0.3) is 27.9 Å². The molecular formula is C25H17N5O4. The summed E-state index contributed by atoms with van der Waals surface area (Å²) in [6, 6.07) is 24.4. The van der Waals surface area contributed by atoms with Gasteiger partial charge in [-0.05, 0) is 30.3 Å². The van der Waals surface area contributed by atoms with Crippen LogP contribution in [-0.2, 0) is 0 Å². The highest BCUT2D eigenvalue weighted by Gasteiger charge is 2.16. The van der Waals surface area contributed by atoms with Crippen molar-refractivity contribution < 1.29 is 9.34 Å². The van der Waals surface area contributed by atoms with E-state index in [1.165, 1.54) is 18.3 Å². The minimum absolute atomic E-state index is 0.0495. The van der Waals surface area contributed by atoms with Gasteiger partial charge in [-0.15, -0.1) is 0 Å². The molecule has 1 N–H and O–H groups in total. The van der Waals surface area contributed by atoms with E-state index in [2.05, 4.69) is 15.6 Å². The summed E-state index contributed by atoms with van der Waals surface area (Å²) >= 11 is 0. The van der Waals surface area contributed by atoms with Gasteiger partial charge in [-0.3, -0.25) is 15.5 Å². The highest BCUT2D eigenvalue weighted by atomic mass is 16.6. The monoisotopic (exact) mass is 451 g/mol. The Morgan fingerprint density at radius 3 is 2.62 bits per heavy atom. The topological polar surface area (TPSA) is 116 Å². The van der Waals surface area contributed by atoms with Crippen LogP contribution in [0.2, 0.25) is 0 Å². The van der Waals surface area contributed by atoms with Crippen molar-refractivity contribution in [1.29, 1.82) is 0 Å². The number of anilines is 1. The molecule has 0 unspecified atom stereocenters. The summed E-state index contributed by atoms with van der Waals surface area (Å²) in [5.41, 5.74) is 5.22. The molecule has 34 heavy (non-hydrogen) atoms. The molecule has 0 aliphatic rings. The van der Waals surface area contributed by atoms with Gasteiger partial charge in [0.1, 0.15) is 11.3 Å². The molecular weight excluding hydrogens is 434 g/mol. The molecule has 166 valence electrons. The van der Waals surface area contributed by atoms with Gasteiger partial charge in [-0.2, -0.15) is 10.2 Å². The zero-order chi connectivity index (χ0) is 23.5. The van der Waals surface area contributed by atoms with E-state index in [1.807, 2.05) is 42.5 Å². The fourth-order valence-electron chi connectivity index (χ4n) is 3.50. The largest absolute Gasteiger partial charge is 0.422 e. The maximum atomic E-state index is 12.8. The standard InChI is InChI=1S/C25H17N5O4/c31-25-22(13-17-7-4-5-12-23(17)34-25)24-18(16-29(28-24)20-9-2-1-3-10-20)15-26-27-19-8-6-11-21(14-19)30(32)33/h1-16,27H/b26-15+. The lowest BCUT2D eigenvalue weighted by Crippen LogP contribution is -2.05. The van der Waals surface area contributed by atoms with Crippen molar-refractivity contribution in [1.82, 2.24) is 9.78 Å². The second-order valence-electron chi connectivity index (χ2n) is 7.38. The number of hydrogen-bond acceptors (Lipinski definition) is 7. The van der Waals surface area contributed by atoms with Crippen molar-refractivity contribution in [2.75, 3.05) is 5.43 Å². The van der Waals surface area contributed by atoms with Crippen LogP contribution in [0, 0.1) is 10.1 Å². The quantitative estimate of drug-likeness (QED) is 0.168. The SMILES string of the molecule is O=c1oc2ccccc2cc1-c1nn(-c2ccccc2)cc1/C=N/Nc1cccc([N+](=O)[O-])c1. The van der Waals surface area contributed by atoms with E-state index in [0.717, 1.165) is 11.1 Å². The van der Waals surface area contributed by atoms with Crippen molar-refractivity contribution in [3.63, 3.8) is 0 Å². The average Bonchev–Trinajstić information content (AvgIpc) is 3.28. The summed E-state index contributed by atoms with van der Waals surface area (Å²) in [6.07, 6.45) is 3.26. The van der Waals surface area contributed by atoms with Gasteiger partial charge in [0.05, 0.1) is 28.1 Å². The third-order valence-corrected chi connectivity index (χ3v) is 5.11. The van der Waals surface area contributed by atoms with Crippen LogP contribution >= 0.6 is 0 Å². The van der Waals surface area contributed by atoms with Gasteiger partial charge in [-0.25, -0.2) is 9.48 Å². The average molecular weight is 451 g/mol. The molecule has 0 saturated carbocycles. The summed E-state index contributed by atoms with van der Waals surface area (Å²) in [7, 11) is 0. The van der Waals surface area contributed by atoms with Gasteiger partial charge in [0.2, 0.25) is 0 Å². The summed E-state index contributed by atoms with van der Waals surface area (Å²) < 4.78 is 7.15. The molecule has 9 nitrogen and oxygen atoms in total. The molecule has 2 heterocycles. The van der Waals surface area contributed by atoms with Crippen LogP contribution in [0.3, 0.4) is 0 Å². The zero-order valence-electron chi connectivity index (χ0n) is 17.7. The Morgan fingerprint density at radius 1 is 1.00 bits per heavy atom. The van der Waals surface area contributed by atoms with Gasteiger partial charge >= 0.3 is 5.63 Å². The van der Waals surface area contributed by atoms with E-state index in [0.29, 0.717) is 28.1 Å². The first-order valence-electron chi connectivity index (χ1n) is 10.3. The molecule has 2 aromatic heterocycles. The zero-order valence-corrected chi connectivity index (χ0v) is 17.7. The number of nitro benzene ring substituents is 1. The molecule has 0 spiro atoms. The van der Waals surface area contributed by atoms with Crippen LogP contribution in [0.15, 0.2) is 105 Å². The molecule has 0 radical (unpaired) electrons. The number of para-hydroxylation sites is 2. The Bertz CT molecular complexity index is 1590. The third-order valence-electron chi connectivity index (χ3n) is 5.11. The third kappa shape index (κ3) is 4.17. The Kier molecular flexibility index (Phi) is 5.41. The summed E-state index contributed by atoms with van der Waals surface area (Å²) in [5.74, 6) is 0. The Balaban J connectivity index is 1.56. The van der Waals surface area contributed by atoms with Crippen molar-refractivity contribution in [3.8, 4) is 16.9 Å². The van der Waals surface area contributed by atoms with Crippen LogP contribution < -0.4 is 11.1 Å². The van der Waals surface area contributed by atoms with Crippen molar-refractivity contribution in [2.24, 2.45) is 5.10 Å². The highest BCUT2D eigenvalue weighted by molar-refractivity contribution is 5.91. The molecule has 0 bridgehead atoms. The van der Waals surface area contributed by atoms with Gasteiger partial charge in [0, 0.05) is 29.3 Å². The number of nitro groups is 1. The van der Waals surface area contributed by atoms with Crippen LogP contribution in [0.4, 0.5) is 11.4 Å². The number of hydrazone groups is 1. The predicted molar refractivity (Wildman–Crippen MR) is 129 cm³/mol. The second-order valence-corrected chi connectivity index (χ2v) is 7.38. The molecule has 0 aliphatic carbocycles. The van der Waals surface area contributed by atoms with Crippen molar-refractivity contribution in [2.45, 2.75) is 0 Å². The van der Waals surface area contributed by atoms with E-state index in [1.54, 1.807) is 41.2 Å². The van der Waals surface area contributed by atoms with E-state index in [9.17, 15) is 14.9 Å². The van der Waals surface area contributed by atoms with E-state index in [-0.39, 0.29) is 5.69 Å². The first-order chi connectivity index (χ1) is 16.6. The molecule has 3 aromatic carbocycles. The Morgan fingerprint density at radius 2 is 1.79 bits per heavy atom. The minimum atomic E-state index is -0.515. The smallest absolute Gasteiger partial charge is 0.345 e. The number of rotatable bonds is 6. The van der Waals surface area contributed by atoms with Crippen LogP contribution in [0.5, 0.6) is 0 Å². The van der Waals surface area contributed by atoms with Crippen molar-refractivity contribution in [3.05, 3.63) is 117 Å². The summed E-state index contributed by atoms with van der Waals surface area (Å²) in [4.78, 5) is 23.3. The van der Waals surface area contributed by atoms with E-state index >= 15 is 0 Å². The normalized spacial score (nSPS) is 11.2. The van der Waals surface area contributed by atoms with Crippen molar-refractivity contribution >= 4 is 28.6 Å². The number of fused-ring (bicyclic) bond motifs is 1. The van der Waals surface area contributed by atoms with Gasteiger partial charge in [0.15, 0.2) is 0 Å². The maximum absolute atomic E-state index is 12.8. The first kappa shape index (κ1) is 20.8. The Hall–Kier alpha value is -5.05. The molecule has 0 amide bonds. The molecule has 0 saturated heterocycles. The van der Waals surface area contributed by atoms with E-state index < -0.39 is 10.5 Å². The second kappa shape index (κ2) is 8.83. The van der Waals surface area contributed by atoms with Gasteiger partial charge in [-0.1, -0.05) is 42.5 Å². The maximum Gasteiger partial charge on any atom is 0.345 e. The lowest BCUT2D eigenvalue weighted by atomic mass is 10.1. The predicted octanol–water partition coefficient (Wildman–Crippen LogP) is 5.00. The highest BCUT2D eigenvalue weighted by Crippen LogP contribution is 2.24. The lowest BCUT2D eigenvalue weighted by Gasteiger charge is -2.02. The summed E-state index contributed by atoms with van der Waals surface area (Å²) in [6.45, 7) is 0. The van der Waals surface area contributed by atoms with Gasteiger partial charge < -0.3 is 4.42 Å². The number of aromatic nitrogens is 2.